The molecular weight excluding hydrogens is 448 g/mol. The van der Waals surface area contributed by atoms with E-state index in [4.69, 9.17) is 4.74 Å². The van der Waals surface area contributed by atoms with Gasteiger partial charge in [0.1, 0.15) is 15.6 Å². The van der Waals surface area contributed by atoms with E-state index in [1.807, 2.05) is 66.7 Å². The van der Waals surface area contributed by atoms with Crippen LogP contribution in [0.15, 0.2) is 72.9 Å². The molecule has 3 aromatic rings. The Hall–Kier alpha value is -3.19. The number of carbonyl (C=O) groups excluding carboxylic acids is 1. The molecule has 0 spiro atoms. The summed E-state index contributed by atoms with van der Waals surface area (Å²) in [7, 11) is -2.81. The lowest BCUT2D eigenvalue weighted by atomic mass is 9.99. The van der Waals surface area contributed by atoms with Crippen LogP contribution in [0.1, 0.15) is 30.5 Å². The van der Waals surface area contributed by atoms with Gasteiger partial charge in [0.25, 0.3) is 0 Å². The number of hydrogen-bond acceptors (Lipinski definition) is 5. The first-order chi connectivity index (χ1) is 16.5. The molecule has 1 amide bonds. The third-order valence-corrected chi connectivity index (χ3v) is 7.87. The summed E-state index contributed by atoms with van der Waals surface area (Å²) in [4.78, 5) is 16.7. The highest BCUT2D eigenvalue weighted by atomic mass is 32.2. The number of ether oxygens (including phenoxy) is 1. The maximum absolute atomic E-state index is 12.2. The Kier molecular flexibility index (Phi) is 7.95. The molecule has 7 heteroatoms. The maximum Gasteiger partial charge on any atom is 0.226 e. The quantitative estimate of drug-likeness (QED) is 0.498. The molecule has 0 aliphatic carbocycles. The molecule has 0 bridgehead atoms. The molecule has 1 aromatic heterocycles. The number of carbonyl (C=O) groups is 1. The van der Waals surface area contributed by atoms with Crippen molar-refractivity contribution >= 4 is 15.7 Å². The van der Waals surface area contributed by atoms with Crippen molar-refractivity contribution in [2.24, 2.45) is 5.92 Å². The summed E-state index contributed by atoms with van der Waals surface area (Å²) in [5, 5.41) is 2.92. The van der Waals surface area contributed by atoms with Crippen molar-refractivity contribution in [1.29, 1.82) is 0 Å². The van der Waals surface area contributed by atoms with Gasteiger partial charge in [-0.05, 0) is 54.5 Å². The predicted octanol–water partition coefficient (Wildman–Crippen LogP) is 4.20. The molecule has 1 aliphatic rings. The zero-order valence-electron chi connectivity index (χ0n) is 19.2. The second-order valence-corrected chi connectivity index (χ2v) is 11.0. The van der Waals surface area contributed by atoms with Gasteiger partial charge in [-0.15, -0.1) is 0 Å². The van der Waals surface area contributed by atoms with E-state index in [1.54, 1.807) is 6.20 Å². The SMILES string of the molecule is O=C(Cc1ccc(-c2ccc(OCCC3CCS(=O)(=O)CC3)cc2)cn1)NCc1ccccc1. The van der Waals surface area contributed by atoms with Gasteiger partial charge in [-0.2, -0.15) is 0 Å². The fourth-order valence-corrected chi connectivity index (χ4v) is 5.63. The average Bonchev–Trinajstić information content (AvgIpc) is 2.85. The molecule has 1 N–H and O–H groups in total. The van der Waals surface area contributed by atoms with Gasteiger partial charge in [0.05, 0.1) is 24.5 Å². The minimum absolute atomic E-state index is 0.0551. The molecular formula is C27H30N2O4S. The molecule has 0 saturated carbocycles. The standard InChI is InChI=1S/C27H30N2O4S/c30-27(29-19-22-4-2-1-3-5-22)18-25-9-6-24(20-28-25)23-7-10-26(11-8-23)33-15-12-21-13-16-34(31,32)17-14-21/h1-11,20-21H,12-19H2,(H,29,30). The molecule has 2 aromatic carbocycles. The Labute approximate surface area is 201 Å². The normalized spacial score (nSPS) is 15.5. The maximum atomic E-state index is 12.2. The lowest BCUT2D eigenvalue weighted by Crippen LogP contribution is -2.24. The summed E-state index contributed by atoms with van der Waals surface area (Å²) in [6.07, 6.45) is 4.38. The largest absolute Gasteiger partial charge is 0.494 e. The van der Waals surface area contributed by atoms with Gasteiger partial charge in [0, 0.05) is 24.0 Å². The number of hydrogen-bond donors (Lipinski definition) is 1. The Balaban J connectivity index is 1.22. The van der Waals surface area contributed by atoms with Gasteiger partial charge in [-0.1, -0.05) is 48.5 Å². The molecule has 4 rings (SSSR count). The van der Waals surface area contributed by atoms with Crippen LogP contribution in [-0.4, -0.2) is 37.4 Å². The first-order valence-corrected chi connectivity index (χ1v) is 13.5. The van der Waals surface area contributed by atoms with Crippen LogP contribution < -0.4 is 10.1 Å². The number of rotatable bonds is 9. The van der Waals surface area contributed by atoms with Gasteiger partial charge in [-0.25, -0.2) is 8.42 Å². The summed E-state index contributed by atoms with van der Waals surface area (Å²) in [6, 6.07) is 21.5. The van der Waals surface area contributed by atoms with Crippen LogP contribution in [0.3, 0.4) is 0 Å². The van der Waals surface area contributed by atoms with Gasteiger partial charge in [0.2, 0.25) is 5.91 Å². The predicted molar refractivity (Wildman–Crippen MR) is 133 cm³/mol. The summed E-state index contributed by atoms with van der Waals surface area (Å²) >= 11 is 0. The van der Waals surface area contributed by atoms with E-state index < -0.39 is 9.84 Å². The Morgan fingerprint density at radius 1 is 0.941 bits per heavy atom. The number of amides is 1. The molecule has 1 aliphatic heterocycles. The summed E-state index contributed by atoms with van der Waals surface area (Å²) in [6.45, 7) is 1.10. The van der Waals surface area contributed by atoms with Crippen molar-refractivity contribution in [2.75, 3.05) is 18.1 Å². The molecule has 0 atom stereocenters. The van der Waals surface area contributed by atoms with E-state index in [0.29, 0.717) is 30.6 Å². The smallest absolute Gasteiger partial charge is 0.226 e. The number of aromatic nitrogens is 1. The second kappa shape index (κ2) is 11.3. The van der Waals surface area contributed by atoms with Crippen LogP contribution in [0.4, 0.5) is 0 Å². The van der Waals surface area contributed by atoms with Crippen LogP contribution in [0, 0.1) is 5.92 Å². The highest BCUT2D eigenvalue weighted by Crippen LogP contribution is 2.24. The van der Waals surface area contributed by atoms with Crippen molar-refractivity contribution in [2.45, 2.75) is 32.2 Å². The topological polar surface area (TPSA) is 85.4 Å². The number of sulfone groups is 1. The minimum atomic E-state index is -2.81. The lowest BCUT2D eigenvalue weighted by Gasteiger charge is -2.21. The van der Waals surface area contributed by atoms with Crippen molar-refractivity contribution in [3.05, 3.63) is 84.2 Å². The van der Waals surface area contributed by atoms with Gasteiger partial charge in [-0.3, -0.25) is 9.78 Å². The van der Waals surface area contributed by atoms with E-state index in [-0.39, 0.29) is 12.3 Å². The molecule has 178 valence electrons. The van der Waals surface area contributed by atoms with Crippen LogP contribution in [-0.2, 0) is 27.6 Å². The van der Waals surface area contributed by atoms with E-state index in [9.17, 15) is 13.2 Å². The fraction of sp³-hybridized carbons (Fsp3) is 0.333. The Morgan fingerprint density at radius 2 is 1.65 bits per heavy atom. The van der Waals surface area contributed by atoms with Crippen LogP contribution in [0.2, 0.25) is 0 Å². The van der Waals surface area contributed by atoms with E-state index in [0.717, 1.165) is 47.4 Å². The van der Waals surface area contributed by atoms with E-state index in [2.05, 4.69) is 10.3 Å². The molecule has 34 heavy (non-hydrogen) atoms. The first kappa shape index (κ1) is 24.0. The van der Waals surface area contributed by atoms with Gasteiger partial charge in [0.15, 0.2) is 0 Å². The van der Waals surface area contributed by atoms with Crippen molar-refractivity contribution in [3.63, 3.8) is 0 Å². The minimum Gasteiger partial charge on any atom is -0.494 e. The number of benzene rings is 2. The molecule has 1 saturated heterocycles. The zero-order chi connectivity index (χ0) is 23.8. The zero-order valence-corrected chi connectivity index (χ0v) is 20.0. The van der Waals surface area contributed by atoms with Gasteiger partial charge < -0.3 is 10.1 Å². The molecule has 6 nitrogen and oxygen atoms in total. The molecule has 1 fully saturated rings. The fourth-order valence-electron chi connectivity index (χ4n) is 4.04. The number of nitrogens with one attached hydrogen (secondary N) is 1. The number of nitrogens with zero attached hydrogens (tertiary/aromatic N) is 1. The van der Waals surface area contributed by atoms with Crippen molar-refractivity contribution in [1.82, 2.24) is 10.3 Å². The first-order valence-electron chi connectivity index (χ1n) is 11.7. The van der Waals surface area contributed by atoms with E-state index >= 15 is 0 Å². The van der Waals surface area contributed by atoms with Crippen molar-refractivity contribution < 1.29 is 17.9 Å². The van der Waals surface area contributed by atoms with Crippen LogP contribution in [0.5, 0.6) is 5.75 Å². The molecule has 2 heterocycles. The van der Waals surface area contributed by atoms with Gasteiger partial charge >= 0.3 is 0 Å². The second-order valence-electron chi connectivity index (χ2n) is 8.73. The highest BCUT2D eigenvalue weighted by molar-refractivity contribution is 7.91. The highest BCUT2D eigenvalue weighted by Gasteiger charge is 2.23. The van der Waals surface area contributed by atoms with Crippen molar-refractivity contribution in [3.8, 4) is 16.9 Å². The monoisotopic (exact) mass is 478 g/mol. The average molecular weight is 479 g/mol. The van der Waals surface area contributed by atoms with E-state index in [1.165, 1.54) is 0 Å². The third-order valence-electron chi connectivity index (χ3n) is 6.16. The summed E-state index contributed by atoms with van der Waals surface area (Å²) in [5.74, 6) is 1.77. The third kappa shape index (κ3) is 7.15. The number of pyridine rings is 1. The van der Waals surface area contributed by atoms with Crippen LogP contribution >= 0.6 is 0 Å². The summed E-state index contributed by atoms with van der Waals surface area (Å²) in [5.41, 5.74) is 3.79. The molecule has 0 unspecified atom stereocenters. The van der Waals surface area contributed by atoms with Crippen LogP contribution in [0.25, 0.3) is 11.1 Å². The molecule has 0 radical (unpaired) electrons. The lowest BCUT2D eigenvalue weighted by molar-refractivity contribution is -0.120. The summed E-state index contributed by atoms with van der Waals surface area (Å²) < 4.78 is 28.9. The Bertz CT molecular complexity index is 1160. The Morgan fingerprint density at radius 3 is 2.32 bits per heavy atom.